The van der Waals surface area contributed by atoms with E-state index in [9.17, 15) is 9.59 Å². The molecule has 1 aliphatic rings. The Morgan fingerprint density at radius 1 is 1.03 bits per heavy atom. The van der Waals surface area contributed by atoms with Crippen LogP contribution in [0.4, 0.5) is 5.69 Å². The second-order valence-corrected chi connectivity index (χ2v) is 7.52. The molecule has 0 unspecified atom stereocenters. The summed E-state index contributed by atoms with van der Waals surface area (Å²) in [6.07, 6.45) is 2.42. The van der Waals surface area contributed by atoms with Crippen molar-refractivity contribution in [3.05, 3.63) is 66.0 Å². The Morgan fingerprint density at radius 3 is 2.50 bits per heavy atom. The van der Waals surface area contributed by atoms with Gasteiger partial charge in [0, 0.05) is 5.69 Å². The molecule has 0 spiro atoms. The van der Waals surface area contributed by atoms with Gasteiger partial charge in [-0.1, -0.05) is 37.3 Å². The molecule has 4 rings (SSSR count). The number of nitrogens with zero attached hydrogens (tertiary/aromatic N) is 3. The molecule has 2 aromatic carbocycles. The Labute approximate surface area is 175 Å². The zero-order valence-electron chi connectivity index (χ0n) is 17.1. The van der Waals surface area contributed by atoms with Gasteiger partial charge in [-0.25, -0.2) is 4.98 Å². The minimum Gasteiger partial charge on any atom is -0.326 e. The number of nitrogens with one attached hydrogen (secondary N) is 2. The Kier molecular flexibility index (Phi) is 5.99. The number of hydrogen-bond acceptors (Lipinski definition) is 4. The van der Waals surface area contributed by atoms with Crippen LogP contribution in [0, 0.1) is 0 Å². The quantitative estimate of drug-likeness (QED) is 0.669. The van der Waals surface area contributed by atoms with E-state index in [0.717, 1.165) is 41.8 Å². The fourth-order valence-electron chi connectivity index (χ4n) is 3.80. The van der Waals surface area contributed by atoms with Gasteiger partial charge in [0.1, 0.15) is 5.69 Å². The number of para-hydroxylation sites is 3. The second kappa shape index (κ2) is 9.00. The lowest BCUT2D eigenvalue weighted by Gasteiger charge is -2.31. The molecule has 1 aliphatic heterocycles. The second-order valence-electron chi connectivity index (χ2n) is 7.52. The average molecular weight is 404 g/mol. The number of carbonyl (C=O) groups is 2. The van der Waals surface area contributed by atoms with Gasteiger partial charge in [0.15, 0.2) is 6.54 Å². The number of amides is 2. The van der Waals surface area contributed by atoms with E-state index in [-0.39, 0.29) is 11.8 Å². The number of aromatic nitrogens is 2. The summed E-state index contributed by atoms with van der Waals surface area (Å²) >= 11 is 0. The number of carbonyl (C=O) groups excluding carboxylic acids is 2. The minimum atomic E-state index is -0.103. The summed E-state index contributed by atoms with van der Waals surface area (Å²) in [5, 5.41) is 3.03. The maximum atomic E-state index is 12.8. The topological polar surface area (TPSA) is 79.6 Å². The van der Waals surface area contributed by atoms with Crippen LogP contribution in [0.3, 0.4) is 0 Å². The van der Waals surface area contributed by atoms with Crippen molar-refractivity contribution in [1.29, 1.82) is 0 Å². The van der Waals surface area contributed by atoms with E-state index in [1.165, 1.54) is 4.90 Å². The number of anilines is 1. The molecular weight excluding hydrogens is 378 g/mol. The highest BCUT2D eigenvalue weighted by molar-refractivity contribution is 5.94. The van der Waals surface area contributed by atoms with E-state index < -0.39 is 0 Å². The maximum absolute atomic E-state index is 12.8. The van der Waals surface area contributed by atoms with Crippen LogP contribution in [0.25, 0.3) is 11.0 Å². The van der Waals surface area contributed by atoms with Crippen molar-refractivity contribution in [2.45, 2.75) is 13.3 Å². The number of hydrogen-bond donors (Lipinski definition) is 2. The minimum absolute atomic E-state index is 0.00562. The summed E-state index contributed by atoms with van der Waals surface area (Å²) in [5.74, 6) is -0.0975. The lowest BCUT2D eigenvalue weighted by Crippen LogP contribution is -3.15. The van der Waals surface area contributed by atoms with Gasteiger partial charge < -0.3 is 15.1 Å². The molecule has 0 bridgehead atoms. The fraction of sp³-hybridized carbons (Fsp3) is 0.304. The van der Waals surface area contributed by atoms with Gasteiger partial charge >= 0.3 is 0 Å². The van der Waals surface area contributed by atoms with Crippen molar-refractivity contribution in [3.63, 3.8) is 0 Å². The third-order valence-electron chi connectivity index (χ3n) is 5.51. The molecule has 0 saturated carbocycles. The maximum Gasteiger partial charge on any atom is 0.279 e. The van der Waals surface area contributed by atoms with Gasteiger partial charge in [0.05, 0.1) is 43.4 Å². The number of piperazine rings is 1. The normalized spacial score (nSPS) is 14.6. The molecule has 7 nitrogen and oxygen atoms in total. The molecule has 154 valence electrons. The van der Waals surface area contributed by atoms with Gasteiger partial charge in [-0.2, -0.15) is 0 Å². The van der Waals surface area contributed by atoms with Gasteiger partial charge in [-0.3, -0.25) is 14.6 Å². The fourth-order valence-corrected chi connectivity index (χ4v) is 3.80. The lowest BCUT2D eigenvalue weighted by molar-refractivity contribution is -0.895. The van der Waals surface area contributed by atoms with Gasteiger partial charge in [-0.15, -0.1) is 0 Å². The van der Waals surface area contributed by atoms with Crippen LogP contribution in [0.2, 0.25) is 0 Å². The summed E-state index contributed by atoms with van der Waals surface area (Å²) in [6, 6.07) is 15.4. The predicted octanol–water partition coefficient (Wildman–Crippen LogP) is 1.17. The molecule has 0 aliphatic carbocycles. The van der Waals surface area contributed by atoms with Crippen LogP contribution in [0.5, 0.6) is 0 Å². The van der Waals surface area contributed by atoms with Gasteiger partial charge in [0.2, 0.25) is 0 Å². The SMILES string of the molecule is CCc1ccccc1NC(=O)C[NH+]1CCN(C(=O)c2cnc3ccccc3n2)CC1. The molecule has 0 radical (unpaired) electrons. The average Bonchev–Trinajstić information content (AvgIpc) is 2.79. The summed E-state index contributed by atoms with van der Waals surface area (Å²) < 4.78 is 0. The highest BCUT2D eigenvalue weighted by Gasteiger charge is 2.27. The van der Waals surface area contributed by atoms with E-state index >= 15 is 0 Å². The molecule has 1 fully saturated rings. The largest absolute Gasteiger partial charge is 0.326 e. The number of quaternary nitrogens is 1. The van der Waals surface area contributed by atoms with E-state index in [2.05, 4.69) is 22.2 Å². The summed E-state index contributed by atoms with van der Waals surface area (Å²) in [4.78, 5) is 37.1. The van der Waals surface area contributed by atoms with Crippen molar-refractivity contribution in [2.75, 3.05) is 38.0 Å². The Bertz CT molecular complexity index is 1060. The van der Waals surface area contributed by atoms with E-state index in [1.54, 1.807) is 11.1 Å². The van der Waals surface area contributed by atoms with Crippen LogP contribution >= 0.6 is 0 Å². The molecule has 30 heavy (non-hydrogen) atoms. The number of benzene rings is 2. The van der Waals surface area contributed by atoms with E-state index in [0.29, 0.717) is 25.3 Å². The molecular formula is C23H26N5O2+. The van der Waals surface area contributed by atoms with Crippen molar-refractivity contribution in [1.82, 2.24) is 14.9 Å². The monoisotopic (exact) mass is 404 g/mol. The molecule has 3 aromatic rings. The Hall–Kier alpha value is -3.32. The third kappa shape index (κ3) is 4.46. The number of rotatable bonds is 5. The third-order valence-corrected chi connectivity index (χ3v) is 5.51. The van der Waals surface area contributed by atoms with Crippen molar-refractivity contribution < 1.29 is 14.5 Å². The summed E-state index contributed by atoms with van der Waals surface area (Å²) in [6.45, 7) is 5.14. The van der Waals surface area contributed by atoms with Crippen LogP contribution in [-0.4, -0.2) is 59.4 Å². The van der Waals surface area contributed by atoms with E-state index in [1.807, 2.05) is 48.5 Å². The lowest BCUT2D eigenvalue weighted by atomic mass is 10.1. The highest BCUT2D eigenvalue weighted by Crippen LogP contribution is 2.15. The van der Waals surface area contributed by atoms with Crippen LogP contribution in [-0.2, 0) is 11.2 Å². The highest BCUT2D eigenvalue weighted by atomic mass is 16.2. The molecule has 2 amide bonds. The molecule has 2 heterocycles. The first-order valence-electron chi connectivity index (χ1n) is 10.4. The first-order chi connectivity index (χ1) is 14.6. The van der Waals surface area contributed by atoms with Crippen molar-refractivity contribution >= 4 is 28.5 Å². The molecule has 7 heteroatoms. The van der Waals surface area contributed by atoms with E-state index in [4.69, 9.17) is 0 Å². The first-order valence-corrected chi connectivity index (χ1v) is 10.4. The summed E-state index contributed by atoms with van der Waals surface area (Å²) in [5.41, 5.74) is 3.88. The van der Waals surface area contributed by atoms with Gasteiger partial charge in [0.25, 0.3) is 11.8 Å². The van der Waals surface area contributed by atoms with Crippen LogP contribution in [0.1, 0.15) is 23.0 Å². The Balaban J connectivity index is 1.32. The molecule has 1 saturated heterocycles. The smallest absolute Gasteiger partial charge is 0.279 e. The molecule has 2 N–H and O–H groups in total. The zero-order valence-corrected chi connectivity index (χ0v) is 17.1. The summed E-state index contributed by atoms with van der Waals surface area (Å²) in [7, 11) is 0. The van der Waals surface area contributed by atoms with Gasteiger partial charge in [-0.05, 0) is 30.2 Å². The first kappa shape index (κ1) is 20.0. The number of aryl methyl sites for hydroxylation is 1. The Morgan fingerprint density at radius 2 is 1.73 bits per heavy atom. The van der Waals surface area contributed by atoms with Crippen molar-refractivity contribution in [2.24, 2.45) is 0 Å². The number of fused-ring (bicyclic) bond motifs is 1. The molecule has 1 aromatic heterocycles. The molecule has 0 atom stereocenters. The van der Waals surface area contributed by atoms with Crippen molar-refractivity contribution in [3.8, 4) is 0 Å². The zero-order chi connectivity index (χ0) is 20.9. The standard InChI is InChI=1S/C23H25N5O2/c1-2-17-7-3-4-8-18(17)26-22(29)16-27-11-13-28(14-12-27)23(30)21-15-24-19-9-5-6-10-20(19)25-21/h3-10,15H,2,11-14,16H2,1H3,(H,26,29)/p+1. The van der Waals surface area contributed by atoms with Crippen LogP contribution in [0.15, 0.2) is 54.7 Å². The predicted molar refractivity (Wildman–Crippen MR) is 115 cm³/mol. The van der Waals surface area contributed by atoms with Crippen LogP contribution < -0.4 is 10.2 Å².